The van der Waals surface area contributed by atoms with Gasteiger partial charge >= 0.3 is 5.97 Å². The van der Waals surface area contributed by atoms with Crippen LogP contribution in [-0.2, 0) is 9.59 Å². The first-order chi connectivity index (χ1) is 15.9. The van der Waals surface area contributed by atoms with Crippen molar-refractivity contribution in [3.63, 3.8) is 0 Å². The van der Waals surface area contributed by atoms with E-state index in [-0.39, 0.29) is 16.8 Å². The number of aliphatic hydroxyl groups excluding tert-OH is 1. The number of carboxylic acids is 1. The number of anilines is 1. The molecule has 0 saturated heterocycles. The molecule has 1 atom stereocenters. The van der Waals surface area contributed by atoms with Crippen molar-refractivity contribution < 1.29 is 29.0 Å². The lowest BCUT2D eigenvalue weighted by molar-refractivity contribution is -0.117. The number of halogens is 1. The first-order valence-corrected chi connectivity index (χ1v) is 10.00. The second-order valence-corrected chi connectivity index (χ2v) is 7.36. The second kappa shape index (κ2) is 8.92. The molecule has 0 fully saturated rings. The molecule has 164 valence electrons. The molecular weight excluding hydrogens is 425 g/mol. The fourth-order valence-electron chi connectivity index (χ4n) is 3.70. The van der Waals surface area contributed by atoms with Crippen LogP contribution in [-0.4, -0.2) is 27.9 Å². The van der Waals surface area contributed by atoms with Gasteiger partial charge in [-0.3, -0.25) is 14.5 Å². The smallest absolute Gasteiger partial charge is 0.335 e. The van der Waals surface area contributed by atoms with E-state index in [2.05, 4.69) is 0 Å². The summed E-state index contributed by atoms with van der Waals surface area (Å²) in [7, 11) is 0. The van der Waals surface area contributed by atoms with Crippen LogP contribution in [0.5, 0.6) is 0 Å². The third-order valence-electron chi connectivity index (χ3n) is 5.26. The summed E-state index contributed by atoms with van der Waals surface area (Å²) >= 11 is 0. The third kappa shape index (κ3) is 4.29. The highest BCUT2D eigenvalue weighted by atomic mass is 19.1. The van der Waals surface area contributed by atoms with E-state index in [0.717, 1.165) is 10.5 Å². The highest BCUT2D eigenvalue weighted by Crippen LogP contribution is 2.41. The van der Waals surface area contributed by atoms with Crippen LogP contribution in [0.4, 0.5) is 10.1 Å². The number of aliphatic hydroxyl groups is 1. The van der Waals surface area contributed by atoms with Gasteiger partial charge in [-0.15, -0.1) is 0 Å². The Balaban J connectivity index is 1.81. The van der Waals surface area contributed by atoms with Gasteiger partial charge in [0.1, 0.15) is 5.82 Å². The van der Waals surface area contributed by atoms with Crippen LogP contribution in [0, 0.1) is 5.82 Å². The SMILES string of the molecule is O=C(C=Cc1ccccc1)C1=C(O)C(=O)N(c2cccc(C(=O)O)c2)C1c1ccc(F)cc1. The number of carboxylic acid groups (broad SMARTS) is 1. The van der Waals surface area contributed by atoms with Gasteiger partial charge in [0.05, 0.1) is 17.2 Å². The van der Waals surface area contributed by atoms with Crippen molar-refractivity contribution in [2.75, 3.05) is 4.90 Å². The fourth-order valence-corrected chi connectivity index (χ4v) is 3.70. The van der Waals surface area contributed by atoms with Crippen molar-refractivity contribution in [2.24, 2.45) is 0 Å². The first-order valence-electron chi connectivity index (χ1n) is 10.00. The molecule has 1 heterocycles. The van der Waals surface area contributed by atoms with Crippen molar-refractivity contribution in [2.45, 2.75) is 6.04 Å². The molecule has 3 aromatic rings. The molecule has 0 saturated carbocycles. The Hall–Kier alpha value is -4.52. The standard InChI is InChI=1S/C26H18FNO5/c27-19-12-10-17(11-13-19)23-22(21(29)14-9-16-5-2-1-3-6-16)24(30)25(31)28(23)20-8-4-7-18(15-20)26(32)33/h1-15,23,30H,(H,32,33). The van der Waals surface area contributed by atoms with Crippen molar-refractivity contribution in [3.05, 3.63) is 119 Å². The summed E-state index contributed by atoms with van der Waals surface area (Å²) in [6.07, 6.45) is 2.81. The molecule has 2 N–H and O–H groups in total. The zero-order valence-corrected chi connectivity index (χ0v) is 17.2. The van der Waals surface area contributed by atoms with Gasteiger partial charge in [0.15, 0.2) is 11.5 Å². The van der Waals surface area contributed by atoms with E-state index in [1.54, 1.807) is 30.3 Å². The van der Waals surface area contributed by atoms with Crippen molar-refractivity contribution >= 4 is 29.4 Å². The minimum absolute atomic E-state index is 0.0682. The van der Waals surface area contributed by atoms with Crippen molar-refractivity contribution in [3.8, 4) is 0 Å². The topological polar surface area (TPSA) is 94.9 Å². The Morgan fingerprint density at radius 3 is 2.30 bits per heavy atom. The normalized spacial score (nSPS) is 16.0. The van der Waals surface area contributed by atoms with Gasteiger partial charge in [-0.05, 0) is 47.5 Å². The first kappa shape index (κ1) is 21.7. The summed E-state index contributed by atoms with van der Waals surface area (Å²) in [5.41, 5.74) is 1.06. The highest BCUT2D eigenvalue weighted by Gasteiger charge is 2.43. The average molecular weight is 443 g/mol. The number of hydrogen-bond acceptors (Lipinski definition) is 4. The number of hydrogen-bond donors (Lipinski definition) is 2. The van der Waals surface area contributed by atoms with Gasteiger partial charge in [0, 0.05) is 5.69 Å². The van der Waals surface area contributed by atoms with E-state index in [1.807, 2.05) is 6.07 Å². The van der Waals surface area contributed by atoms with Crippen LogP contribution in [0.15, 0.2) is 96.3 Å². The lowest BCUT2D eigenvalue weighted by Gasteiger charge is -2.27. The molecule has 6 nitrogen and oxygen atoms in total. The third-order valence-corrected chi connectivity index (χ3v) is 5.26. The predicted molar refractivity (Wildman–Crippen MR) is 120 cm³/mol. The summed E-state index contributed by atoms with van der Waals surface area (Å²) in [6.45, 7) is 0. The average Bonchev–Trinajstić information content (AvgIpc) is 3.09. The zero-order chi connectivity index (χ0) is 23.5. The Morgan fingerprint density at radius 1 is 0.939 bits per heavy atom. The van der Waals surface area contributed by atoms with Crippen LogP contribution < -0.4 is 4.90 Å². The Bertz CT molecular complexity index is 1300. The van der Waals surface area contributed by atoms with Gasteiger partial charge in [-0.1, -0.05) is 54.6 Å². The summed E-state index contributed by atoms with van der Waals surface area (Å²) in [5.74, 6) is -3.90. The van der Waals surface area contributed by atoms with Crippen LogP contribution in [0.1, 0.15) is 27.5 Å². The lowest BCUT2D eigenvalue weighted by atomic mass is 9.95. The predicted octanol–water partition coefficient (Wildman–Crippen LogP) is 4.71. The zero-order valence-electron chi connectivity index (χ0n) is 17.2. The maximum absolute atomic E-state index is 13.6. The van der Waals surface area contributed by atoms with E-state index < -0.39 is 35.3 Å². The number of carbonyl (C=O) groups excluding carboxylic acids is 2. The van der Waals surface area contributed by atoms with Gasteiger partial charge in [0.25, 0.3) is 5.91 Å². The number of benzene rings is 3. The largest absolute Gasteiger partial charge is 0.503 e. The van der Waals surface area contributed by atoms with Gasteiger partial charge in [-0.2, -0.15) is 0 Å². The summed E-state index contributed by atoms with van der Waals surface area (Å²) < 4.78 is 13.6. The van der Waals surface area contributed by atoms with E-state index in [9.17, 15) is 29.0 Å². The van der Waals surface area contributed by atoms with Gasteiger partial charge in [0.2, 0.25) is 0 Å². The minimum atomic E-state index is -1.19. The maximum Gasteiger partial charge on any atom is 0.335 e. The number of nitrogens with zero attached hydrogens (tertiary/aromatic N) is 1. The van der Waals surface area contributed by atoms with Crippen molar-refractivity contribution in [1.29, 1.82) is 0 Å². The molecular formula is C26H18FNO5. The van der Waals surface area contributed by atoms with E-state index >= 15 is 0 Å². The summed E-state index contributed by atoms with van der Waals surface area (Å²) in [5, 5.41) is 20.0. The quantitative estimate of drug-likeness (QED) is 0.538. The van der Waals surface area contributed by atoms with E-state index in [1.165, 1.54) is 54.6 Å². The molecule has 0 spiro atoms. The Labute approximate surface area is 188 Å². The van der Waals surface area contributed by atoms with E-state index in [4.69, 9.17) is 0 Å². The molecule has 1 aliphatic rings. The Morgan fingerprint density at radius 2 is 1.64 bits per heavy atom. The maximum atomic E-state index is 13.6. The molecule has 33 heavy (non-hydrogen) atoms. The number of carbonyl (C=O) groups is 3. The number of aromatic carboxylic acids is 1. The number of allylic oxidation sites excluding steroid dienone is 1. The summed E-state index contributed by atoms with van der Waals surface area (Å²) in [4.78, 5) is 38.7. The highest BCUT2D eigenvalue weighted by molar-refractivity contribution is 6.20. The molecule has 0 aliphatic carbocycles. The van der Waals surface area contributed by atoms with Crippen LogP contribution in [0.25, 0.3) is 6.08 Å². The molecule has 1 aliphatic heterocycles. The number of amides is 1. The number of ketones is 1. The molecule has 3 aromatic carbocycles. The minimum Gasteiger partial charge on any atom is -0.503 e. The molecule has 0 aromatic heterocycles. The molecule has 1 amide bonds. The van der Waals surface area contributed by atoms with Gasteiger partial charge < -0.3 is 10.2 Å². The molecule has 1 unspecified atom stereocenters. The molecule has 4 rings (SSSR count). The van der Waals surface area contributed by atoms with Gasteiger partial charge in [-0.25, -0.2) is 9.18 Å². The number of rotatable bonds is 6. The van der Waals surface area contributed by atoms with Crippen LogP contribution in [0.2, 0.25) is 0 Å². The molecule has 7 heteroatoms. The second-order valence-electron chi connectivity index (χ2n) is 7.36. The van der Waals surface area contributed by atoms with E-state index in [0.29, 0.717) is 5.56 Å². The Kier molecular flexibility index (Phi) is 5.87. The summed E-state index contributed by atoms with van der Waals surface area (Å²) in [6, 6.07) is 18.7. The lowest BCUT2D eigenvalue weighted by Crippen LogP contribution is -2.31. The van der Waals surface area contributed by atoms with Crippen LogP contribution in [0.3, 0.4) is 0 Å². The fraction of sp³-hybridized carbons (Fsp3) is 0.0385. The van der Waals surface area contributed by atoms with Crippen LogP contribution >= 0.6 is 0 Å². The molecule has 0 radical (unpaired) electrons. The molecule has 0 bridgehead atoms. The van der Waals surface area contributed by atoms with Crippen molar-refractivity contribution in [1.82, 2.24) is 0 Å². The monoisotopic (exact) mass is 443 g/mol.